The van der Waals surface area contributed by atoms with E-state index in [0.717, 1.165) is 33.5 Å². The van der Waals surface area contributed by atoms with Gasteiger partial charge in [-0.1, -0.05) is 36.4 Å². The van der Waals surface area contributed by atoms with Crippen molar-refractivity contribution in [3.05, 3.63) is 71.6 Å². The highest BCUT2D eigenvalue weighted by Gasteiger charge is 2.30. The summed E-state index contributed by atoms with van der Waals surface area (Å²) in [6.45, 7) is 9.59. The summed E-state index contributed by atoms with van der Waals surface area (Å²) >= 11 is 0. The Labute approximate surface area is 145 Å². The number of fused-ring (bicyclic) bond motifs is 3. The topological polar surface area (TPSA) is 17.5 Å². The molecule has 25 heavy (non-hydrogen) atoms. The monoisotopic (exact) mass is 323 g/mol. The first kappa shape index (κ1) is 14.0. The molecule has 0 amide bonds. The van der Waals surface area contributed by atoms with Crippen molar-refractivity contribution in [2.45, 2.75) is 6.92 Å². The second kappa shape index (κ2) is 4.81. The first-order chi connectivity index (χ1) is 12.2. The molecule has 0 N–H and O–H groups in total. The molecule has 0 bridgehead atoms. The number of aryl methyl sites for hydroxylation is 2. The third-order valence-corrected chi connectivity index (χ3v) is 5.06. The summed E-state index contributed by atoms with van der Waals surface area (Å²) in [6.07, 6.45) is 0. The minimum absolute atomic E-state index is 0.647. The Morgan fingerprint density at radius 1 is 1.00 bits per heavy atom. The van der Waals surface area contributed by atoms with E-state index in [1.807, 2.05) is 37.4 Å². The van der Waals surface area contributed by atoms with Crippen molar-refractivity contribution >= 4 is 27.4 Å². The summed E-state index contributed by atoms with van der Waals surface area (Å²) in [5.41, 5.74) is 5.18. The van der Waals surface area contributed by atoms with Crippen molar-refractivity contribution in [2.75, 3.05) is 0 Å². The van der Waals surface area contributed by atoms with Crippen LogP contribution in [-0.2, 0) is 7.05 Å². The van der Waals surface area contributed by atoms with E-state index >= 15 is 0 Å². The molecule has 3 aromatic carbocycles. The molecular formula is C22H15N2O+. The maximum atomic E-state index is 7.46. The molecule has 0 saturated heterocycles. The first-order valence-electron chi connectivity index (χ1n) is 8.23. The molecule has 1 aliphatic rings. The number of nitrogens with zero attached hydrogens (tertiary/aromatic N) is 2. The lowest BCUT2D eigenvalue weighted by molar-refractivity contribution is -0.633. The van der Waals surface area contributed by atoms with Gasteiger partial charge < -0.3 is 4.74 Å². The summed E-state index contributed by atoms with van der Waals surface area (Å²) in [5.74, 6) is 1.68. The van der Waals surface area contributed by atoms with Gasteiger partial charge in [0, 0.05) is 11.5 Å². The van der Waals surface area contributed by atoms with E-state index in [4.69, 9.17) is 11.3 Å². The van der Waals surface area contributed by atoms with Gasteiger partial charge in [0.2, 0.25) is 11.2 Å². The van der Waals surface area contributed by atoms with E-state index in [-0.39, 0.29) is 0 Å². The van der Waals surface area contributed by atoms with Crippen LogP contribution in [0.4, 0.5) is 5.69 Å². The van der Waals surface area contributed by atoms with Crippen LogP contribution in [0.25, 0.3) is 37.8 Å². The number of rotatable bonds is 0. The molecule has 5 rings (SSSR count). The summed E-state index contributed by atoms with van der Waals surface area (Å²) in [7, 11) is 2.05. The number of ether oxygens (including phenoxy) is 1. The highest BCUT2D eigenvalue weighted by atomic mass is 16.5. The predicted molar refractivity (Wildman–Crippen MR) is 99.1 cm³/mol. The predicted octanol–water partition coefficient (Wildman–Crippen LogP) is 5.45. The van der Waals surface area contributed by atoms with Gasteiger partial charge in [0.15, 0.2) is 5.75 Å². The molecule has 1 aliphatic heterocycles. The van der Waals surface area contributed by atoms with Gasteiger partial charge in [0.1, 0.15) is 12.8 Å². The molecular weight excluding hydrogens is 308 g/mol. The lowest BCUT2D eigenvalue weighted by Gasteiger charge is -2.21. The minimum Gasteiger partial charge on any atom is -0.450 e. The van der Waals surface area contributed by atoms with Gasteiger partial charge >= 0.3 is 0 Å². The van der Waals surface area contributed by atoms with Crippen LogP contribution in [0.5, 0.6) is 11.5 Å². The molecule has 4 aromatic rings. The summed E-state index contributed by atoms with van der Waals surface area (Å²) in [4.78, 5) is 3.67. The molecule has 0 saturated carbocycles. The molecule has 0 unspecified atom stereocenters. The summed E-state index contributed by atoms with van der Waals surface area (Å²) < 4.78 is 8.42. The molecule has 0 radical (unpaired) electrons. The maximum Gasteiger partial charge on any atom is 0.256 e. The highest BCUT2D eigenvalue weighted by Crippen LogP contribution is 2.47. The van der Waals surface area contributed by atoms with Crippen molar-refractivity contribution in [2.24, 2.45) is 7.05 Å². The quantitative estimate of drug-likeness (QED) is 0.274. The standard InChI is InChI=1S/C22H15N2O/c1-13-10-11-14-6-4-9-18-21(14)20(13)22-19(25-18)12-15-16(23-2)7-5-8-17(15)24(22)3/h4-12H,1,3H3/q+1. The van der Waals surface area contributed by atoms with Crippen molar-refractivity contribution in [1.29, 1.82) is 0 Å². The third kappa shape index (κ3) is 1.77. The number of benzene rings is 3. The van der Waals surface area contributed by atoms with Crippen LogP contribution >= 0.6 is 0 Å². The number of aromatic nitrogens is 1. The van der Waals surface area contributed by atoms with Crippen LogP contribution in [0.2, 0.25) is 0 Å². The van der Waals surface area contributed by atoms with Crippen molar-refractivity contribution in [1.82, 2.24) is 0 Å². The zero-order chi connectivity index (χ0) is 17.1. The van der Waals surface area contributed by atoms with Gasteiger partial charge in [0.25, 0.3) is 5.69 Å². The SMILES string of the molecule is [C-]#[N+]c1cccc2c1cc1c([n+]2C)-c2c(C)ccc3cccc(c23)O1. The van der Waals surface area contributed by atoms with Crippen LogP contribution in [0.1, 0.15) is 5.56 Å². The Morgan fingerprint density at radius 3 is 2.68 bits per heavy atom. The van der Waals surface area contributed by atoms with Gasteiger partial charge in [-0.15, -0.1) is 0 Å². The van der Waals surface area contributed by atoms with E-state index < -0.39 is 0 Å². The zero-order valence-electron chi connectivity index (χ0n) is 14.0. The Morgan fingerprint density at radius 2 is 1.84 bits per heavy atom. The van der Waals surface area contributed by atoms with Crippen molar-refractivity contribution in [3.63, 3.8) is 0 Å². The molecule has 1 aromatic heterocycles. The molecule has 0 fully saturated rings. The molecule has 3 nitrogen and oxygen atoms in total. The van der Waals surface area contributed by atoms with Crippen LogP contribution in [0.3, 0.4) is 0 Å². The third-order valence-electron chi connectivity index (χ3n) is 5.06. The Balaban J connectivity index is 2.01. The molecule has 3 heteroatoms. The van der Waals surface area contributed by atoms with E-state index in [9.17, 15) is 0 Å². The summed E-state index contributed by atoms with van der Waals surface area (Å²) in [5, 5.41) is 3.26. The van der Waals surface area contributed by atoms with Gasteiger partial charge in [-0.2, -0.15) is 4.57 Å². The smallest absolute Gasteiger partial charge is 0.256 e. The van der Waals surface area contributed by atoms with E-state index in [2.05, 4.69) is 40.6 Å². The van der Waals surface area contributed by atoms with E-state index in [0.29, 0.717) is 5.69 Å². The summed E-state index contributed by atoms with van der Waals surface area (Å²) in [6, 6.07) is 18.3. The molecule has 0 spiro atoms. The molecule has 2 heterocycles. The normalized spacial score (nSPS) is 11.9. The van der Waals surface area contributed by atoms with Crippen LogP contribution < -0.4 is 9.30 Å². The largest absolute Gasteiger partial charge is 0.450 e. The second-order valence-electron chi connectivity index (χ2n) is 6.45. The fraction of sp³-hybridized carbons (Fsp3) is 0.0909. The van der Waals surface area contributed by atoms with Crippen LogP contribution in [-0.4, -0.2) is 0 Å². The number of hydrogen-bond acceptors (Lipinski definition) is 1. The molecule has 0 atom stereocenters. The van der Waals surface area contributed by atoms with E-state index in [1.165, 1.54) is 16.5 Å². The Hall–Kier alpha value is -3.38. The second-order valence-corrected chi connectivity index (χ2v) is 6.45. The fourth-order valence-corrected chi connectivity index (χ4v) is 3.89. The lowest BCUT2D eigenvalue weighted by Crippen LogP contribution is -2.33. The Bertz CT molecular complexity index is 1250. The average molecular weight is 323 g/mol. The van der Waals surface area contributed by atoms with Gasteiger partial charge in [0.05, 0.1) is 17.5 Å². The molecule has 0 aliphatic carbocycles. The zero-order valence-corrected chi connectivity index (χ0v) is 14.0. The van der Waals surface area contributed by atoms with Crippen LogP contribution in [0.15, 0.2) is 54.6 Å². The van der Waals surface area contributed by atoms with Gasteiger partial charge in [-0.25, -0.2) is 4.85 Å². The van der Waals surface area contributed by atoms with Gasteiger partial charge in [-0.3, -0.25) is 0 Å². The fourth-order valence-electron chi connectivity index (χ4n) is 3.89. The number of pyridine rings is 1. The average Bonchev–Trinajstić information content (AvgIpc) is 2.63. The number of hydrogen-bond donors (Lipinski definition) is 0. The van der Waals surface area contributed by atoms with Crippen molar-refractivity contribution in [3.8, 4) is 22.8 Å². The van der Waals surface area contributed by atoms with E-state index in [1.54, 1.807) is 0 Å². The minimum atomic E-state index is 0.647. The lowest BCUT2D eigenvalue weighted by atomic mass is 9.93. The van der Waals surface area contributed by atoms with Gasteiger partial charge in [-0.05, 0) is 30.0 Å². The first-order valence-corrected chi connectivity index (χ1v) is 8.23. The maximum absolute atomic E-state index is 7.46. The van der Waals surface area contributed by atoms with Crippen molar-refractivity contribution < 1.29 is 9.30 Å². The highest BCUT2D eigenvalue weighted by molar-refractivity contribution is 6.05. The Kier molecular flexibility index (Phi) is 2.69. The van der Waals surface area contributed by atoms with Crippen LogP contribution in [0, 0.1) is 13.5 Å². The molecule has 118 valence electrons.